The lowest BCUT2D eigenvalue weighted by Crippen LogP contribution is -2.38. The van der Waals surface area contributed by atoms with E-state index in [-0.39, 0.29) is 22.5 Å². The van der Waals surface area contributed by atoms with Gasteiger partial charge in [-0.15, -0.1) is 0 Å². The zero-order chi connectivity index (χ0) is 19.7. The Labute approximate surface area is 165 Å². The standard InChI is InChI=1S/C24H32NOP/c1-23(2,3)20-17-26-22(25-20)21(24(4,5)6)27(18-13-9-7-10-14-18)19-15-11-8-12-16-19/h7-16,20-21H,17H2,1-6H3. The van der Waals surface area contributed by atoms with Crippen molar-refractivity contribution in [3.63, 3.8) is 0 Å². The van der Waals surface area contributed by atoms with E-state index >= 15 is 0 Å². The van der Waals surface area contributed by atoms with Gasteiger partial charge in [-0.25, -0.2) is 4.99 Å². The quantitative estimate of drug-likeness (QED) is 0.652. The largest absolute Gasteiger partial charge is 0.478 e. The molecule has 0 fully saturated rings. The van der Waals surface area contributed by atoms with E-state index in [1.54, 1.807) is 0 Å². The summed E-state index contributed by atoms with van der Waals surface area (Å²) >= 11 is 0. The summed E-state index contributed by atoms with van der Waals surface area (Å²) in [6.07, 6.45) is 0. The molecule has 0 saturated heterocycles. The maximum absolute atomic E-state index is 6.27. The molecule has 144 valence electrons. The van der Waals surface area contributed by atoms with Gasteiger partial charge in [0.1, 0.15) is 6.61 Å². The molecule has 0 amide bonds. The first-order valence-electron chi connectivity index (χ1n) is 9.78. The van der Waals surface area contributed by atoms with Crippen LogP contribution in [0.2, 0.25) is 0 Å². The summed E-state index contributed by atoms with van der Waals surface area (Å²) in [6.45, 7) is 14.4. The van der Waals surface area contributed by atoms with Gasteiger partial charge >= 0.3 is 0 Å². The molecule has 0 aliphatic carbocycles. The molecule has 2 unspecified atom stereocenters. The number of benzene rings is 2. The van der Waals surface area contributed by atoms with E-state index in [4.69, 9.17) is 9.73 Å². The second-order valence-electron chi connectivity index (χ2n) is 9.47. The van der Waals surface area contributed by atoms with Crippen molar-refractivity contribution in [3.8, 4) is 0 Å². The summed E-state index contributed by atoms with van der Waals surface area (Å²) in [4.78, 5) is 5.11. The van der Waals surface area contributed by atoms with E-state index in [1.807, 2.05) is 0 Å². The fraction of sp³-hybridized carbons (Fsp3) is 0.458. The number of aliphatic imine (C=N–C) groups is 1. The third-order valence-electron chi connectivity index (χ3n) is 5.05. The molecular weight excluding hydrogens is 349 g/mol. The van der Waals surface area contributed by atoms with Gasteiger partial charge < -0.3 is 4.74 Å². The minimum atomic E-state index is -0.624. The first-order chi connectivity index (χ1) is 12.7. The van der Waals surface area contributed by atoms with Crippen molar-refractivity contribution in [2.24, 2.45) is 15.8 Å². The maximum Gasteiger partial charge on any atom is 0.192 e. The van der Waals surface area contributed by atoms with Crippen LogP contribution in [0.5, 0.6) is 0 Å². The van der Waals surface area contributed by atoms with Crippen molar-refractivity contribution in [1.82, 2.24) is 0 Å². The summed E-state index contributed by atoms with van der Waals surface area (Å²) < 4.78 is 6.27. The van der Waals surface area contributed by atoms with E-state index < -0.39 is 7.92 Å². The van der Waals surface area contributed by atoms with E-state index in [1.165, 1.54) is 10.6 Å². The molecule has 1 heterocycles. The Balaban J connectivity index is 2.11. The predicted octanol–water partition coefficient (Wildman–Crippen LogP) is 5.38. The highest BCUT2D eigenvalue weighted by atomic mass is 31.1. The van der Waals surface area contributed by atoms with Crippen LogP contribution < -0.4 is 10.6 Å². The van der Waals surface area contributed by atoms with Crippen molar-refractivity contribution in [2.75, 3.05) is 6.61 Å². The molecule has 0 spiro atoms. The molecule has 1 aliphatic heterocycles. The molecule has 3 heteroatoms. The van der Waals surface area contributed by atoms with Gasteiger partial charge in [-0.05, 0) is 29.4 Å². The van der Waals surface area contributed by atoms with Gasteiger partial charge in [0.2, 0.25) is 0 Å². The highest BCUT2D eigenvalue weighted by Gasteiger charge is 2.42. The van der Waals surface area contributed by atoms with Crippen LogP contribution in [0.15, 0.2) is 65.7 Å². The Kier molecular flexibility index (Phi) is 5.77. The molecule has 1 aliphatic rings. The lowest BCUT2D eigenvalue weighted by Gasteiger charge is -2.37. The van der Waals surface area contributed by atoms with Gasteiger partial charge in [0.05, 0.1) is 11.7 Å². The van der Waals surface area contributed by atoms with Crippen molar-refractivity contribution >= 4 is 24.4 Å². The van der Waals surface area contributed by atoms with Crippen molar-refractivity contribution in [3.05, 3.63) is 60.7 Å². The second kappa shape index (κ2) is 7.76. The van der Waals surface area contributed by atoms with Crippen LogP contribution in [0.25, 0.3) is 0 Å². The van der Waals surface area contributed by atoms with Crippen LogP contribution in [0, 0.1) is 10.8 Å². The second-order valence-corrected chi connectivity index (χ2v) is 11.8. The number of rotatable bonds is 4. The van der Waals surface area contributed by atoms with E-state index in [9.17, 15) is 0 Å². The lowest BCUT2D eigenvalue weighted by atomic mass is 9.88. The van der Waals surface area contributed by atoms with Crippen LogP contribution in [0.4, 0.5) is 0 Å². The van der Waals surface area contributed by atoms with E-state index in [2.05, 4.69) is 102 Å². The number of nitrogens with zero attached hydrogens (tertiary/aromatic N) is 1. The molecule has 0 radical (unpaired) electrons. The van der Waals surface area contributed by atoms with Crippen LogP contribution in [-0.4, -0.2) is 24.2 Å². The first kappa shape index (κ1) is 20.1. The summed E-state index contributed by atoms with van der Waals surface area (Å²) in [7, 11) is -0.624. The Morgan fingerprint density at radius 1 is 0.852 bits per heavy atom. The highest BCUT2D eigenvalue weighted by molar-refractivity contribution is 7.74. The van der Waals surface area contributed by atoms with Gasteiger partial charge in [-0.1, -0.05) is 102 Å². The van der Waals surface area contributed by atoms with Crippen LogP contribution in [-0.2, 0) is 4.74 Å². The third kappa shape index (κ3) is 4.61. The topological polar surface area (TPSA) is 21.6 Å². The average Bonchev–Trinajstić information content (AvgIpc) is 3.09. The van der Waals surface area contributed by atoms with Crippen molar-refractivity contribution in [2.45, 2.75) is 53.2 Å². The number of hydrogen-bond acceptors (Lipinski definition) is 2. The van der Waals surface area contributed by atoms with Crippen LogP contribution in [0.3, 0.4) is 0 Å². The normalized spacial score (nSPS) is 18.9. The van der Waals surface area contributed by atoms with Crippen molar-refractivity contribution in [1.29, 1.82) is 0 Å². The summed E-state index contributed by atoms with van der Waals surface area (Å²) in [5.74, 6) is 0.946. The first-order valence-corrected chi connectivity index (χ1v) is 11.2. The molecular formula is C24H32NOP. The Hall–Kier alpha value is -1.66. The monoisotopic (exact) mass is 381 g/mol. The molecule has 3 rings (SSSR count). The molecule has 0 N–H and O–H groups in total. The molecule has 2 atom stereocenters. The molecule has 0 saturated carbocycles. The smallest absolute Gasteiger partial charge is 0.192 e. The lowest BCUT2D eigenvalue weighted by molar-refractivity contribution is 0.229. The molecule has 27 heavy (non-hydrogen) atoms. The van der Waals surface area contributed by atoms with Gasteiger partial charge in [-0.3, -0.25) is 0 Å². The fourth-order valence-electron chi connectivity index (χ4n) is 3.48. The van der Waals surface area contributed by atoms with Crippen LogP contribution >= 0.6 is 7.92 Å². The number of hydrogen-bond donors (Lipinski definition) is 0. The molecule has 2 aromatic carbocycles. The predicted molar refractivity (Wildman–Crippen MR) is 119 cm³/mol. The summed E-state index contributed by atoms with van der Waals surface area (Å²) in [5, 5.41) is 2.76. The van der Waals surface area contributed by atoms with Crippen molar-refractivity contribution < 1.29 is 4.74 Å². The highest BCUT2D eigenvalue weighted by Crippen LogP contribution is 2.49. The summed E-state index contributed by atoms with van der Waals surface area (Å²) in [5.41, 5.74) is 0.403. The minimum absolute atomic E-state index is 0.0446. The zero-order valence-corrected chi connectivity index (χ0v) is 18.3. The Morgan fingerprint density at radius 3 is 1.70 bits per heavy atom. The van der Waals surface area contributed by atoms with E-state index in [0.29, 0.717) is 6.61 Å². The third-order valence-corrected chi connectivity index (χ3v) is 8.27. The maximum atomic E-state index is 6.27. The molecule has 0 bridgehead atoms. The van der Waals surface area contributed by atoms with E-state index in [0.717, 1.165) is 5.90 Å². The molecule has 2 aromatic rings. The molecule has 0 aromatic heterocycles. The SMILES string of the molecule is CC(C)(C)C1COC(C(P(c2ccccc2)c2ccccc2)C(C)(C)C)=N1. The van der Waals surface area contributed by atoms with Gasteiger partial charge in [0.15, 0.2) is 5.90 Å². The van der Waals surface area contributed by atoms with Gasteiger partial charge in [0, 0.05) is 0 Å². The van der Waals surface area contributed by atoms with Gasteiger partial charge in [-0.2, -0.15) is 0 Å². The summed E-state index contributed by atoms with van der Waals surface area (Å²) in [6, 6.07) is 22.0. The van der Waals surface area contributed by atoms with Gasteiger partial charge in [0.25, 0.3) is 0 Å². The number of ether oxygens (including phenoxy) is 1. The molecule has 2 nitrogen and oxygen atoms in total. The Bertz CT molecular complexity index is 732. The average molecular weight is 382 g/mol. The minimum Gasteiger partial charge on any atom is -0.478 e. The Morgan fingerprint density at radius 2 is 1.33 bits per heavy atom. The zero-order valence-electron chi connectivity index (χ0n) is 17.4. The van der Waals surface area contributed by atoms with Crippen LogP contribution in [0.1, 0.15) is 41.5 Å². The fourth-order valence-corrected chi connectivity index (χ4v) is 6.50.